The lowest BCUT2D eigenvalue weighted by Gasteiger charge is -1.99. The standard InChI is InChI=1S/C12H14O2S/c1-10(2)8-9-15(13)12-6-4-11(14-3)5-7-12/h4-7,9H,1-3H3. The molecule has 0 spiro atoms. The number of ether oxygens (including phenoxy) is 1. The van der Waals surface area contributed by atoms with Gasteiger partial charge in [0.2, 0.25) is 0 Å². The zero-order valence-corrected chi connectivity index (χ0v) is 9.93. The van der Waals surface area contributed by atoms with Crippen LogP contribution in [-0.2, 0) is 10.8 Å². The Morgan fingerprint density at radius 3 is 2.40 bits per heavy atom. The maximum absolute atomic E-state index is 11.7. The summed E-state index contributed by atoms with van der Waals surface area (Å²) in [5, 5.41) is 1.57. The highest BCUT2D eigenvalue weighted by Gasteiger charge is 1.99. The van der Waals surface area contributed by atoms with Gasteiger partial charge in [0.1, 0.15) is 5.75 Å². The van der Waals surface area contributed by atoms with Crippen molar-refractivity contribution in [2.24, 2.45) is 0 Å². The van der Waals surface area contributed by atoms with Gasteiger partial charge in [0, 0.05) is 10.3 Å². The van der Waals surface area contributed by atoms with Gasteiger partial charge in [0.15, 0.2) is 0 Å². The molecule has 15 heavy (non-hydrogen) atoms. The second-order valence-electron chi connectivity index (χ2n) is 3.24. The highest BCUT2D eigenvalue weighted by Crippen LogP contribution is 2.14. The molecule has 0 bridgehead atoms. The summed E-state index contributed by atoms with van der Waals surface area (Å²) in [7, 11) is 0.479. The van der Waals surface area contributed by atoms with Crippen LogP contribution in [0.15, 0.2) is 45.9 Å². The third-order valence-corrected chi connectivity index (χ3v) is 2.82. The van der Waals surface area contributed by atoms with E-state index in [-0.39, 0.29) is 0 Å². The zero-order valence-electron chi connectivity index (χ0n) is 9.11. The smallest absolute Gasteiger partial charge is 0.118 e. The summed E-state index contributed by atoms with van der Waals surface area (Å²) in [5.41, 5.74) is 3.94. The van der Waals surface area contributed by atoms with E-state index in [4.69, 9.17) is 4.74 Å². The lowest BCUT2D eigenvalue weighted by Crippen LogP contribution is -1.87. The fraction of sp³-hybridized carbons (Fsp3) is 0.250. The van der Waals surface area contributed by atoms with Gasteiger partial charge in [-0.2, -0.15) is 0 Å². The molecular weight excluding hydrogens is 208 g/mol. The van der Waals surface area contributed by atoms with Crippen molar-refractivity contribution < 1.29 is 8.95 Å². The Kier molecular flexibility index (Phi) is 4.35. The van der Waals surface area contributed by atoms with Gasteiger partial charge in [-0.15, -0.1) is 5.73 Å². The van der Waals surface area contributed by atoms with Crippen molar-refractivity contribution in [2.75, 3.05) is 7.11 Å². The average molecular weight is 222 g/mol. The fourth-order valence-corrected chi connectivity index (χ4v) is 1.83. The van der Waals surface area contributed by atoms with Crippen LogP contribution in [0.25, 0.3) is 0 Å². The van der Waals surface area contributed by atoms with Crippen LogP contribution in [0.4, 0.5) is 0 Å². The van der Waals surface area contributed by atoms with Crippen molar-refractivity contribution >= 4 is 10.8 Å². The number of benzene rings is 1. The summed E-state index contributed by atoms with van der Waals surface area (Å²) >= 11 is 0. The Morgan fingerprint density at radius 2 is 1.93 bits per heavy atom. The molecule has 0 heterocycles. The zero-order chi connectivity index (χ0) is 11.3. The van der Waals surface area contributed by atoms with Gasteiger partial charge in [0.05, 0.1) is 17.9 Å². The summed E-state index contributed by atoms with van der Waals surface area (Å²) in [5.74, 6) is 0.766. The van der Waals surface area contributed by atoms with Crippen LogP contribution in [0.3, 0.4) is 0 Å². The van der Waals surface area contributed by atoms with Gasteiger partial charge in [-0.3, -0.25) is 0 Å². The Hall–Kier alpha value is -1.31. The van der Waals surface area contributed by atoms with E-state index in [1.54, 1.807) is 36.8 Å². The molecule has 3 heteroatoms. The van der Waals surface area contributed by atoms with E-state index >= 15 is 0 Å². The quantitative estimate of drug-likeness (QED) is 0.735. The number of hydrogen-bond acceptors (Lipinski definition) is 2. The molecule has 0 aliphatic rings. The molecule has 2 nitrogen and oxygen atoms in total. The van der Waals surface area contributed by atoms with Gasteiger partial charge in [-0.25, -0.2) is 4.21 Å². The van der Waals surface area contributed by atoms with Gasteiger partial charge in [0.25, 0.3) is 0 Å². The molecule has 1 unspecified atom stereocenters. The molecule has 1 aromatic carbocycles. The minimum Gasteiger partial charge on any atom is -0.497 e. The van der Waals surface area contributed by atoms with Gasteiger partial charge >= 0.3 is 0 Å². The lowest BCUT2D eigenvalue weighted by molar-refractivity contribution is 0.414. The third-order valence-electron chi connectivity index (χ3n) is 1.75. The van der Waals surface area contributed by atoms with Crippen LogP contribution >= 0.6 is 0 Å². The van der Waals surface area contributed by atoms with Gasteiger partial charge in [-0.05, 0) is 43.7 Å². The minimum atomic E-state index is -1.13. The van der Waals surface area contributed by atoms with Crippen molar-refractivity contribution in [3.63, 3.8) is 0 Å². The third kappa shape index (κ3) is 3.74. The summed E-state index contributed by atoms with van der Waals surface area (Å²) in [6.45, 7) is 3.84. The summed E-state index contributed by atoms with van der Waals surface area (Å²) in [4.78, 5) is 0.754. The Morgan fingerprint density at radius 1 is 1.33 bits per heavy atom. The Labute approximate surface area is 92.7 Å². The van der Waals surface area contributed by atoms with E-state index < -0.39 is 10.8 Å². The first kappa shape index (κ1) is 11.8. The summed E-state index contributed by atoms with van der Waals surface area (Å²) in [6, 6.07) is 7.17. The fourth-order valence-electron chi connectivity index (χ4n) is 0.949. The molecule has 0 aliphatic carbocycles. The van der Waals surface area contributed by atoms with Crippen LogP contribution < -0.4 is 4.74 Å². The molecular formula is C12H14O2S. The van der Waals surface area contributed by atoms with Crippen molar-refractivity contribution in [3.05, 3.63) is 41.0 Å². The first-order valence-corrected chi connectivity index (χ1v) is 5.79. The molecule has 0 saturated carbocycles. The summed E-state index contributed by atoms with van der Waals surface area (Å²) in [6.07, 6.45) is 0. The first-order chi connectivity index (χ1) is 7.13. The van der Waals surface area contributed by atoms with Gasteiger partial charge < -0.3 is 4.74 Å². The van der Waals surface area contributed by atoms with E-state index in [0.29, 0.717) is 0 Å². The van der Waals surface area contributed by atoms with Crippen LogP contribution in [-0.4, -0.2) is 11.3 Å². The molecule has 1 aromatic rings. The largest absolute Gasteiger partial charge is 0.497 e. The maximum Gasteiger partial charge on any atom is 0.118 e. The summed E-state index contributed by atoms with van der Waals surface area (Å²) < 4.78 is 16.7. The minimum absolute atomic E-state index is 0.754. The van der Waals surface area contributed by atoms with E-state index in [1.807, 2.05) is 13.8 Å². The Bertz CT molecular complexity index is 408. The normalized spacial score (nSPS) is 11.4. The molecule has 0 radical (unpaired) electrons. The van der Waals surface area contributed by atoms with Crippen LogP contribution in [0, 0.1) is 0 Å². The molecule has 0 amide bonds. The second kappa shape index (κ2) is 5.54. The number of allylic oxidation sites excluding steroid dienone is 1. The van der Waals surface area contributed by atoms with Crippen molar-refractivity contribution in [3.8, 4) is 5.75 Å². The van der Waals surface area contributed by atoms with Crippen LogP contribution in [0.5, 0.6) is 5.75 Å². The monoisotopic (exact) mass is 222 g/mol. The second-order valence-corrected chi connectivity index (χ2v) is 4.54. The van der Waals surface area contributed by atoms with E-state index in [9.17, 15) is 4.21 Å². The van der Waals surface area contributed by atoms with Crippen LogP contribution in [0.1, 0.15) is 13.8 Å². The number of rotatable bonds is 3. The molecule has 0 saturated heterocycles. The first-order valence-electron chi connectivity index (χ1n) is 4.58. The van der Waals surface area contributed by atoms with E-state index in [1.165, 1.54) is 0 Å². The lowest BCUT2D eigenvalue weighted by atomic mass is 10.3. The highest BCUT2D eigenvalue weighted by molar-refractivity contribution is 7.88. The highest BCUT2D eigenvalue weighted by atomic mass is 32.2. The van der Waals surface area contributed by atoms with Crippen molar-refractivity contribution in [2.45, 2.75) is 18.7 Å². The van der Waals surface area contributed by atoms with Crippen LogP contribution in [0.2, 0.25) is 0 Å². The molecule has 0 fully saturated rings. The van der Waals surface area contributed by atoms with E-state index in [0.717, 1.165) is 16.2 Å². The molecule has 1 rings (SSSR count). The molecule has 0 aliphatic heterocycles. The average Bonchev–Trinajstić information content (AvgIpc) is 2.26. The Balaban J connectivity index is 2.88. The molecule has 80 valence electrons. The predicted molar refractivity (Wildman–Crippen MR) is 62.3 cm³/mol. The topological polar surface area (TPSA) is 26.3 Å². The molecule has 1 atom stereocenters. The van der Waals surface area contributed by atoms with Crippen molar-refractivity contribution in [1.82, 2.24) is 0 Å². The molecule has 0 aromatic heterocycles. The van der Waals surface area contributed by atoms with Gasteiger partial charge in [-0.1, -0.05) is 0 Å². The number of hydrogen-bond donors (Lipinski definition) is 0. The maximum atomic E-state index is 11.7. The van der Waals surface area contributed by atoms with Crippen molar-refractivity contribution in [1.29, 1.82) is 0 Å². The molecule has 0 N–H and O–H groups in total. The van der Waals surface area contributed by atoms with E-state index in [2.05, 4.69) is 5.73 Å². The SMILES string of the molecule is COc1ccc(S(=O)C=C=C(C)C)cc1. The predicted octanol–water partition coefficient (Wildman–Crippen LogP) is 2.88. The number of methoxy groups -OCH3 is 1.